The van der Waals surface area contributed by atoms with Gasteiger partial charge in [-0.05, 0) is 21.7 Å². The number of nitrogens with zero attached hydrogens (tertiary/aromatic N) is 3. The van der Waals surface area contributed by atoms with E-state index in [0.29, 0.717) is 10.4 Å². The van der Waals surface area contributed by atoms with Crippen molar-refractivity contribution in [3.8, 4) is 0 Å². The Morgan fingerprint density at radius 2 is 2.38 bits per heavy atom. The number of hydrogen-bond donors (Lipinski definition) is 1. The second-order valence-electron chi connectivity index (χ2n) is 2.56. The molecule has 0 bridgehead atoms. The average Bonchev–Trinajstić information content (AvgIpc) is 2.42. The van der Waals surface area contributed by atoms with Crippen molar-refractivity contribution in [1.82, 2.24) is 15.0 Å². The van der Waals surface area contributed by atoms with Gasteiger partial charge >= 0.3 is 0 Å². The summed E-state index contributed by atoms with van der Waals surface area (Å²) < 4.78 is 2.21. The third-order valence-corrected chi connectivity index (χ3v) is 3.15. The van der Waals surface area contributed by atoms with Crippen LogP contribution in [0, 0.1) is 0 Å². The lowest BCUT2D eigenvalue weighted by molar-refractivity contribution is 0.193. The summed E-state index contributed by atoms with van der Waals surface area (Å²) in [5.41, 5.74) is 0.737. The first-order valence-corrected chi connectivity index (χ1v) is 5.92. The minimum Gasteiger partial charge on any atom is -0.386 e. The van der Waals surface area contributed by atoms with Crippen LogP contribution in [-0.4, -0.2) is 31.6 Å². The van der Waals surface area contributed by atoms with Crippen molar-refractivity contribution in [2.24, 2.45) is 7.05 Å². The minimum absolute atomic E-state index is 0.501. The zero-order valence-electron chi connectivity index (χ0n) is 7.57. The molecule has 1 N–H and O–H groups in total. The Morgan fingerprint density at radius 3 is 2.85 bits per heavy atom. The molecule has 0 saturated heterocycles. The van der Waals surface area contributed by atoms with Gasteiger partial charge in [0.25, 0.3) is 0 Å². The Kier molecular flexibility index (Phi) is 4.21. The second-order valence-corrected chi connectivity index (χ2v) is 4.63. The number of aliphatic hydroxyl groups excluding tert-OH is 1. The average molecular weight is 266 g/mol. The maximum absolute atomic E-state index is 9.75. The number of rotatable bonds is 4. The van der Waals surface area contributed by atoms with Crippen molar-refractivity contribution in [1.29, 1.82) is 0 Å². The summed E-state index contributed by atoms with van der Waals surface area (Å²) in [5.74, 6) is 1.68. The molecule has 0 aliphatic heterocycles. The summed E-state index contributed by atoms with van der Waals surface area (Å²) in [7, 11) is 1.77. The summed E-state index contributed by atoms with van der Waals surface area (Å²) in [6.07, 6.45) is -0.501. The smallest absolute Gasteiger partial charge is 0.154 e. The van der Waals surface area contributed by atoms with E-state index in [1.54, 1.807) is 23.5 Å². The van der Waals surface area contributed by atoms with E-state index in [0.717, 1.165) is 11.4 Å². The Labute approximate surface area is 89.8 Å². The topological polar surface area (TPSA) is 50.9 Å². The monoisotopic (exact) mass is 265 g/mol. The van der Waals surface area contributed by atoms with Crippen LogP contribution in [0.4, 0.5) is 0 Å². The van der Waals surface area contributed by atoms with Crippen molar-refractivity contribution < 1.29 is 5.11 Å². The fourth-order valence-corrected chi connectivity index (χ4v) is 2.21. The molecule has 1 atom stereocenters. The largest absolute Gasteiger partial charge is 0.386 e. The maximum atomic E-state index is 9.75. The van der Waals surface area contributed by atoms with Crippen LogP contribution in [-0.2, 0) is 7.05 Å². The molecule has 13 heavy (non-hydrogen) atoms. The molecular weight excluding hydrogens is 254 g/mol. The Bertz CT molecular complexity index is 259. The summed E-state index contributed by atoms with van der Waals surface area (Å²) in [5, 5.41) is 17.4. The molecule has 4 nitrogen and oxygen atoms in total. The quantitative estimate of drug-likeness (QED) is 0.894. The van der Waals surface area contributed by atoms with E-state index < -0.39 is 6.10 Å². The standard InChI is InChI=1S/C7H12BrN3OS/c1-3-13-4-5(12)6-7(8)9-10-11(6)2/h5,12H,3-4H2,1-2H3. The second kappa shape index (κ2) is 4.97. The molecule has 0 saturated carbocycles. The number of aliphatic hydroxyl groups is 1. The van der Waals surface area contributed by atoms with E-state index in [2.05, 4.69) is 33.2 Å². The van der Waals surface area contributed by atoms with Crippen molar-refractivity contribution >= 4 is 27.7 Å². The SMILES string of the molecule is CCSCC(O)c1c(Br)nnn1C. The van der Waals surface area contributed by atoms with E-state index in [9.17, 15) is 5.11 Å². The fourth-order valence-electron chi connectivity index (χ4n) is 1.00. The number of hydrogen-bond acceptors (Lipinski definition) is 4. The number of aryl methyl sites for hydroxylation is 1. The van der Waals surface area contributed by atoms with Gasteiger partial charge in [-0.15, -0.1) is 5.10 Å². The highest BCUT2D eigenvalue weighted by molar-refractivity contribution is 9.10. The third kappa shape index (κ3) is 2.69. The molecule has 74 valence electrons. The summed E-state index contributed by atoms with van der Waals surface area (Å²) >= 11 is 4.94. The molecule has 1 unspecified atom stereocenters. The van der Waals surface area contributed by atoms with Gasteiger partial charge in [0.05, 0.1) is 0 Å². The molecule has 1 rings (SSSR count). The third-order valence-electron chi connectivity index (χ3n) is 1.62. The summed E-state index contributed by atoms with van der Waals surface area (Å²) in [4.78, 5) is 0. The van der Waals surface area contributed by atoms with Crippen molar-refractivity contribution in [2.45, 2.75) is 13.0 Å². The van der Waals surface area contributed by atoms with Crippen LogP contribution in [0.25, 0.3) is 0 Å². The Hall–Kier alpha value is -0.0700. The molecule has 6 heteroatoms. The van der Waals surface area contributed by atoms with E-state index in [4.69, 9.17) is 0 Å². The molecular formula is C7H12BrN3OS. The minimum atomic E-state index is -0.501. The molecule has 0 radical (unpaired) electrons. The molecule has 1 aromatic rings. The summed E-state index contributed by atoms with van der Waals surface area (Å²) in [6.45, 7) is 2.06. The zero-order valence-corrected chi connectivity index (χ0v) is 9.97. The first-order chi connectivity index (χ1) is 6.16. The van der Waals surface area contributed by atoms with E-state index in [1.165, 1.54) is 0 Å². The van der Waals surface area contributed by atoms with Crippen molar-refractivity contribution in [3.05, 3.63) is 10.3 Å². The predicted octanol–water partition coefficient (Wildman–Crippen LogP) is 1.36. The highest BCUT2D eigenvalue weighted by Crippen LogP contribution is 2.23. The van der Waals surface area contributed by atoms with E-state index in [-0.39, 0.29) is 0 Å². The van der Waals surface area contributed by atoms with Crippen LogP contribution in [0.1, 0.15) is 18.7 Å². The normalized spacial score (nSPS) is 13.2. The lowest BCUT2D eigenvalue weighted by atomic mass is 10.3. The molecule has 1 heterocycles. The Morgan fingerprint density at radius 1 is 1.69 bits per heavy atom. The molecule has 0 aliphatic carbocycles. The first kappa shape index (κ1) is 11.0. The van der Waals surface area contributed by atoms with Crippen LogP contribution >= 0.6 is 27.7 Å². The van der Waals surface area contributed by atoms with Crippen LogP contribution in [0.3, 0.4) is 0 Å². The Balaban J connectivity index is 2.69. The van der Waals surface area contributed by atoms with Crippen molar-refractivity contribution in [2.75, 3.05) is 11.5 Å². The van der Waals surface area contributed by atoms with Gasteiger partial charge in [-0.25, -0.2) is 4.68 Å². The van der Waals surface area contributed by atoms with Crippen LogP contribution in [0.5, 0.6) is 0 Å². The van der Waals surface area contributed by atoms with Gasteiger partial charge in [0.1, 0.15) is 11.8 Å². The lowest BCUT2D eigenvalue weighted by Gasteiger charge is -2.09. The van der Waals surface area contributed by atoms with Gasteiger partial charge < -0.3 is 5.11 Å². The molecule has 0 spiro atoms. The van der Waals surface area contributed by atoms with Crippen LogP contribution < -0.4 is 0 Å². The van der Waals surface area contributed by atoms with Gasteiger partial charge in [-0.3, -0.25) is 0 Å². The fraction of sp³-hybridized carbons (Fsp3) is 0.714. The zero-order chi connectivity index (χ0) is 9.84. The highest BCUT2D eigenvalue weighted by atomic mass is 79.9. The van der Waals surface area contributed by atoms with Crippen LogP contribution in [0.2, 0.25) is 0 Å². The molecule has 0 aromatic carbocycles. The molecule has 0 fully saturated rings. The molecule has 0 aliphatic rings. The lowest BCUT2D eigenvalue weighted by Crippen LogP contribution is -2.08. The highest BCUT2D eigenvalue weighted by Gasteiger charge is 2.16. The van der Waals surface area contributed by atoms with E-state index in [1.807, 2.05) is 0 Å². The van der Waals surface area contributed by atoms with Gasteiger partial charge in [0.2, 0.25) is 0 Å². The maximum Gasteiger partial charge on any atom is 0.154 e. The number of halogens is 1. The van der Waals surface area contributed by atoms with Gasteiger partial charge in [-0.2, -0.15) is 11.8 Å². The van der Waals surface area contributed by atoms with Gasteiger partial charge in [0, 0.05) is 12.8 Å². The van der Waals surface area contributed by atoms with Crippen LogP contribution in [0.15, 0.2) is 4.60 Å². The first-order valence-electron chi connectivity index (χ1n) is 3.97. The van der Waals surface area contributed by atoms with Gasteiger partial charge in [-0.1, -0.05) is 12.1 Å². The van der Waals surface area contributed by atoms with E-state index >= 15 is 0 Å². The number of thioether (sulfide) groups is 1. The summed E-state index contributed by atoms with van der Waals surface area (Å²) in [6, 6.07) is 0. The number of aromatic nitrogens is 3. The molecule has 1 aromatic heterocycles. The predicted molar refractivity (Wildman–Crippen MR) is 56.7 cm³/mol. The van der Waals surface area contributed by atoms with Gasteiger partial charge in [0.15, 0.2) is 4.60 Å². The van der Waals surface area contributed by atoms with Crippen molar-refractivity contribution in [3.63, 3.8) is 0 Å². The molecule has 0 amide bonds.